The van der Waals surface area contributed by atoms with Crippen LogP contribution < -0.4 is 20.7 Å². The van der Waals surface area contributed by atoms with Gasteiger partial charge in [0.2, 0.25) is 5.95 Å². The van der Waals surface area contributed by atoms with Crippen LogP contribution in [0.25, 0.3) is 66.6 Å². The van der Waals surface area contributed by atoms with E-state index < -0.39 is 108 Å². The van der Waals surface area contributed by atoms with Gasteiger partial charge in [0, 0.05) is 33.2 Å². The van der Waals surface area contributed by atoms with E-state index in [0.29, 0.717) is 5.82 Å². The summed E-state index contributed by atoms with van der Waals surface area (Å²) in [6.45, 7) is 0. The molecule has 11 aromatic rings. The average molecular weight is 759 g/mol. The smallest absolute Gasteiger partial charge is 0.237 e. The molecule has 11 rings (SSSR count). The first-order chi connectivity index (χ1) is 34.1. The number of hydrogen-bond acceptors (Lipinski definition) is 2. The molecule has 8 aromatic carbocycles. The molecule has 268 valence electrons. The molecule has 0 aliphatic rings. The molecule has 0 N–H and O–H groups in total. The SMILES string of the molecule is [2H]c1c([2H])c([2H])c([Si](c2ccccc2)(c2c([2H])c([2H])c([2H])c([2H])c2[2H])c2c([2H])c([2H])c([2H])c(-c3cc(-n4c5ccccc5c5ccccc54)nc(-n4c5ccccc5c5ccccc54)n3)c2[2H])c([2H])c1[2H]. The summed E-state index contributed by atoms with van der Waals surface area (Å²) in [5.41, 5.74) is 2.64. The standard InChI is InChI=1S/C52H36N4Si/c1-4-20-38(21-5-1)57(39-22-6-2-7-23-39,40-24-8-3-9-25-40)41-26-18-19-37(35-41)46-36-51(55-47-31-14-10-27-42(47)43-28-11-15-32-48(43)55)54-52(53-46)56-49-33-16-12-29-44(49)45-30-13-17-34-50(45)56/h1-36H/i1D,2D,4D,5D,6D,7D,18D,19D,20D,21D,22D,23D,26D,35D. The second-order valence-electron chi connectivity index (χ2n) is 13.5. The monoisotopic (exact) mass is 758 g/mol. The topological polar surface area (TPSA) is 35.6 Å². The lowest BCUT2D eigenvalue weighted by Crippen LogP contribution is -2.74. The van der Waals surface area contributed by atoms with E-state index in [0.717, 1.165) is 43.6 Å². The van der Waals surface area contributed by atoms with E-state index in [1.165, 1.54) is 12.1 Å². The first-order valence-electron chi connectivity index (χ1n) is 25.3. The van der Waals surface area contributed by atoms with Crippen molar-refractivity contribution in [2.45, 2.75) is 0 Å². The summed E-state index contributed by atoms with van der Waals surface area (Å²) in [5.74, 6) is 0.412. The summed E-state index contributed by atoms with van der Waals surface area (Å²) in [5, 5.41) is 2.24. The highest BCUT2D eigenvalue weighted by Gasteiger charge is 2.41. The second kappa shape index (κ2) is 13.4. The molecule has 3 aromatic heterocycles. The van der Waals surface area contributed by atoms with Gasteiger partial charge in [0.1, 0.15) is 5.82 Å². The Bertz CT molecular complexity index is 3720. The fourth-order valence-electron chi connectivity index (χ4n) is 8.10. The number of rotatable bonds is 7. The van der Waals surface area contributed by atoms with Crippen molar-refractivity contribution in [1.82, 2.24) is 19.1 Å². The highest BCUT2D eigenvalue weighted by molar-refractivity contribution is 7.19. The maximum atomic E-state index is 10.5. The first kappa shape index (κ1) is 21.7. The summed E-state index contributed by atoms with van der Waals surface area (Å²) >= 11 is 0. The number of fused-ring (bicyclic) bond motifs is 6. The van der Waals surface area contributed by atoms with Crippen molar-refractivity contribution in [1.29, 1.82) is 0 Å². The highest BCUT2D eigenvalue weighted by atomic mass is 28.3. The van der Waals surface area contributed by atoms with Gasteiger partial charge in [0.25, 0.3) is 0 Å². The molecule has 5 heteroatoms. The minimum atomic E-state index is -5.26. The van der Waals surface area contributed by atoms with Gasteiger partial charge in [0.05, 0.1) is 47.0 Å². The lowest BCUT2D eigenvalue weighted by atomic mass is 10.1. The van der Waals surface area contributed by atoms with Crippen molar-refractivity contribution >= 4 is 72.4 Å². The molecule has 0 radical (unpaired) electrons. The van der Waals surface area contributed by atoms with Gasteiger partial charge in [0.15, 0.2) is 8.07 Å². The van der Waals surface area contributed by atoms with Crippen molar-refractivity contribution in [2.24, 2.45) is 0 Å². The van der Waals surface area contributed by atoms with Crippen LogP contribution in [0.2, 0.25) is 0 Å². The average Bonchev–Trinajstić information content (AvgIpc) is 3.91. The number of aromatic nitrogens is 4. The minimum absolute atomic E-state index is 0.0587. The van der Waals surface area contributed by atoms with E-state index in [1.807, 2.05) is 106 Å². The summed E-state index contributed by atoms with van der Waals surface area (Å²) < 4.78 is 135. The number of nitrogens with zero attached hydrogens (tertiary/aromatic N) is 4. The highest BCUT2D eigenvalue weighted by Crippen LogP contribution is 2.35. The van der Waals surface area contributed by atoms with Crippen molar-refractivity contribution < 1.29 is 19.2 Å². The normalized spacial score (nSPS) is 15.3. The van der Waals surface area contributed by atoms with Crippen LogP contribution in [0.5, 0.6) is 0 Å². The van der Waals surface area contributed by atoms with Crippen LogP contribution in [0.1, 0.15) is 19.2 Å². The Morgan fingerprint density at radius 2 is 0.860 bits per heavy atom. The Balaban J connectivity index is 1.36. The summed E-state index contributed by atoms with van der Waals surface area (Å²) in [6, 6.07) is 29.7. The molecule has 0 atom stereocenters. The Hall–Kier alpha value is -7.34. The van der Waals surface area contributed by atoms with Gasteiger partial charge in [-0.05, 0) is 45.0 Å². The van der Waals surface area contributed by atoms with Gasteiger partial charge in [-0.25, -0.2) is 4.98 Å². The molecular weight excluding hydrogens is 709 g/mol. The zero-order chi connectivity index (χ0) is 49.9. The van der Waals surface area contributed by atoms with Crippen molar-refractivity contribution in [3.8, 4) is 23.0 Å². The predicted molar refractivity (Wildman–Crippen MR) is 240 cm³/mol. The van der Waals surface area contributed by atoms with Crippen LogP contribution >= 0.6 is 0 Å². The maximum Gasteiger partial charge on any atom is 0.237 e. The zero-order valence-electron chi connectivity index (χ0n) is 44.0. The van der Waals surface area contributed by atoms with Gasteiger partial charge in [-0.1, -0.05) is 188 Å². The van der Waals surface area contributed by atoms with E-state index in [1.54, 1.807) is 24.3 Å². The van der Waals surface area contributed by atoms with Crippen molar-refractivity contribution in [2.75, 3.05) is 0 Å². The third-order valence-electron chi connectivity index (χ3n) is 10.5. The maximum absolute atomic E-state index is 10.5. The molecule has 0 fully saturated rings. The molecule has 0 saturated carbocycles. The summed E-state index contributed by atoms with van der Waals surface area (Å²) in [7, 11) is -5.26. The molecule has 4 nitrogen and oxygen atoms in total. The van der Waals surface area contributed by atoms with Gasteiger partial charge in [-0.15, -0.1) is 0 Å². The largest absolute Gasteiger partial charge is 0.294 e. The summed E-state index contributed by atoms with van der Waals surface area (Å²) in [4.78, 5) is 10.4. The van der Waals surface area contributed by atoms with Crippen LogP contribution in [0.15, 0.2) is 218 Å². The van der Waals surface area contributed by atoms with Crippen LogP contribution in [-0.4, -0.2) is 27.2 Å². The number of hydrogen-bond donors (Lipinski definition) is 0. The van der Waals surface area contributed by atoms with Crippen molar-refractivity contribution in [3.63, 3.8) is 0 Å². The van der Waals surface area contributed by atoms with Gasteiger partial charge < -0.3 is 0 Å². The van der Waals surface area contributed by atoms with Gasteiger partial charge >= 0.3 is 0 Å². The molecule has 57 heavy (non-hydrogen) atoms. The lowest BCUT2D eigenvalue weighted by molar-refractivity contribution is 0.952. The lowest BCUT2D eigenvalue weighted by Gasteiger charge is -2.34. The van der Waals surface area contributed by atoms with Crippen LogP contribution in [-0.2, 0) is 0 Å². The van der Waals surface area contributed by atoms with E-state index in [-0.39, 0.29) is 22.4 Å². The van der Waals surface area contributed by atoms with Crippen LogP contribution in [0, 0.1) is 0 Å². The first-order valence-corrected chi connectivity index (χ1v) is 20.3. The number of para-hydroxylation sites is 4. The predicted octanol–water partition coefficient (Wildman–Crippen LogP) is 9.72. The molecular formula is C52H36N4Si. The van der Waals surface area contributed by atoms with E-state index >= 15 is 0 Å². The van der Waals surface area contributed by atoms with Gasteiger partial charge in [-0.2, -0.15) is 4.98 Å². The van der Waals surface area contributed by atoms with E-state index in [4.69, 9.17) is 18.2 Å². The molecule has 0 aliphatic carbocycles. The Morgan fingerprint density at radius 3 is 1.39 bits per heavy atom. The van der Waals surface area contributed by atoms with Crippen LogP contribution in [0.3, 0.4) is 0 Å². The molecule has 3 heterocycles. The molecule has 0 spiro atoms. The molecule has 0 amide bonds. The quantitative estimate of drug-likeness (QED) is 0.120. The van der Waals surface area contributed by atoms with Crippen molar-refractivity contribution in [3.05, 3.63) is 218 Å². The Morgan fingerprint density at radius 1 is 0.404 bits per heavy atom. The third-order valence-corrected chi connectivity index (χ3v) is 14.7. The van der Waals surface area contributed by atoms with Crippen LogP contribution in [0.4, 0.5) is 0 Å². The number of benzene rings is 8. The van der Waals surface area contributed by atoms with E-state index in [9.17, 15) is 11.0 Å². The van der Waals surface area contributed by atoms with Gasteiger partial charge in [-0.3, -0.25) is 9.13 Å². The fourth-order valence-corrected chi connectivity index (χ4v) is 12.0. The molecule has 0 unspecified atom stereocenters. The zero-order valence-corrected chi connectivity index (χ0v) is 31.0. The third kappa shape index (κ3) is 5.20. The molecule has 0 saturated heterocycles. The fraction of sp³-hybridized carbons (Fsp3) is 0. The Labute approximate surface area is 351 Å². The summed E-state index contributed by atoms with van der Waals surface area (Å²) in [6.07, 6.45) is 0. The Kier molecular flexibility index (Phi) is 5.11. The molecule has 0 bridgehead atoms. The second-order valence-corrected chi connectivity index (χ2v) is 17.1. The molecule has 0 aliphatic heterocycles. The minimum Gasteiger partial charge on any atom is -0.294 e. The van der Waals surface area contributed by atoms with E-state index in [2.05, 4.69) is 0 Å².